The van der Waals surface area contributed by atoms with E-state index in [1.54, 1.807) is 20.4 Å². The number of nitrogens with two attached hydrogens (primary N) is 1. The molecule has 4 N–H and O–H groups in total. The first-order valence-electron chi connectivity index (χ1n) is 17.5. The number of ether oxygens (including phenoxy) is 2. The van der Waals surface area contributed by atoms with Crippen LogP contribution in [0.5, 0.6) is 5.88 Å². The van der Waals surface area contributed by atoms with Crippen LogP contribution in [-0.4, -0.2) is 101 Å². The summed E-state index contributed by atoms with van der Waals surface area (Å²) in [6.07, 6.45) is 10.9. The number of nitrogens with zero attached hydrogens (tertiary/aromatic N) is 5. The van der Waals surface area contributed by atoms with Crippen LogP contribution in [0.15, 0.2) is 72.5 Å². The highest BCUT2D eigenvalue weighted by Crippen LogP contribution is 2.50. The Balaban J connectivity index is 1.01. The summed E-state index contributed by atoms with van der Waals surface area (Å²) in [7, 11) is 3.30. The molecule has 2 saturated carbocycles. The maximum absolute atomic E-state index is 9.76. The van der Waals surface area contributed by atoms with Crippen molar-refractivity contribution in [2.45, 2.75) is 44.4 Å². The van der Waals surface area contributed by atoms with E-state index in [1.165, 1.54) is 0 Å². The Morgan fingerprint density at radius 1 is 0.902 bits per heavy atom. The predicted octanol–water partition coefficient (Wildman–Crippen LogP) is 5.53. The van der Waals surface area contributed by atoms with Gasteiger partial charge in [0.25, 0.3) is 0 Å². The second kappa shape index (κ2) is 13.4. The highest BCUT2D eigenvalue weighted by molar-refractivity contribution is 6.38. The third-order valence-electron chi connectivity index (χ3n) is 11.1. The van der Waals surface area contributed by atoms with Crippen LogP contribution in [0, 0.1) is 10.8 Å². The monoisotopic (exact) mass is 730 g/mol. The molecule has 5 aliphatic rings. The van der Waals surface area contributed by atoms with Crippen molar-refractivity contribution in [1.82, 2.24) is 24.7 Å². The first-order chi connectivity index (χ1) is 24.5. The highest BCUT2D eigenvalue weighted by atomic mass is 35.5. The van der Waals surface area contributed by atoms with Crippen molar-refractivity contribution in [3.63, 3.8) is 0 Å². The number of rotatable bonds is 10. The highest BCUT2D eigenvalue weighted by Gasteiger charge is 2.52. The molecule has 0 atom stereocenters. The van der Waals surface area contributed by atoms with Crippen LogP contribution in [-0.2, 0) is 11.3 Å². The predicted molar refractivity (Wildman–Crippen MR) is 199 cm³/mol. The molecule has 4 fully saturated rings. The van der Waals surface area contributed by atoms with Gasteiger partial charge in [-0.25, -0.2) is 4.98 Å². The van der Waals surface area contributed by atoms with E-state index in [-0.39, 0.29) is 17.6 Å². The van der Waals surface area contributed by atoms with Gasteiger partial charge in [0.2, 0.25) is 5.88 Å². The Morgan fingerprint density at radius 2 is 1.57 bits per heavy atom. The van der Waals surface area contributed by atoms with E-state index in [1.807, 2.05) is 53.7 Å². The molecule has 2 aromatic heterocycles. The summed E-state index contributed by atoms with van der Waals surface area (Å²) < 4.78 is 11.4. The van der Waals surface area contributed by atoms with E-state index in [0.717, 1.165) is 97.7 Å². The molecule has 1 aromatic carbocycles. The first kappa shape index (κ1) is 34.4. The molecular formula is C39H44Cl2N6O4. The smallest absolute Gasteiger partial charge is 0.218 e. The summed E-state index contributed by atoms with van der Waals surface area (Å²) in [5.41, 5.74) is 13.2. The summed E-state index contributed by atoms with van der Waals surface area (Å²) in [5.74, 6) is 1.33. The van der Waals surface area contributed by atoms with Crippen molar-refractivity contribution in [2.24, 2.45) is 16.6 Å². The van der Waals surface area contributed by atoms with Crippen molar-refractivity contribution in [1.29, 1.82) is 0 Å². The summed E-state index contributed by atoms with van der Waals surface area (Å²) in [6, 6.07) is 11.8. The number of benzene rings is 1. The van der Waals surface area contributed by atoms with Crippen LogP contribution in [0.3, 0.4) is 0 Å². The Morgan fingerprint density at radius 3 is 2.24 bits per heavy atom. The van der Waals surface area contributed by atoms with Crippen molar-refractivity contribution in [3.8, 4) is 28.3 Å². The van der Waals surface area contributed by atoms with Crippen LogP contribution in [0.25, 0.3) is 28.0 Å². The lowest BCUT2D eigenvalue weighted by Gasteiger charge is -2.58. The number of likely N-dealkylation sites (tertiary alicyclic amines) is 2. The Bertz CT molecular complexity index is 1920. The van der Waals surface area contributed by atoms with Gasteiger partial charge in [-0.3, -0.25) is 14.8 Å². The first-order valence-corrected chi connectivity index (χ1v) is 18.3. The van der Waals surface area contributed by atoms with Gasteiger partial charge in [0.15, 0.2) is 0 Å². The lowest BCUT2D eigenvalue weighted by molar-refractivity contribution is -0.131. The van der Waals surface area contributed by atoms with Gasteiger partial charge in [0.1, 0.15) is 5.76 Å². The topological polar surface area (TPSA) is 120 Å². The Hall–Kier alpha value is -3.64. The van der Waals surface area contributed by atoms with Gasteiger partial charge in [-0.1, -0.05) is 47.5 Å². The van der Waals surface area contributed by atoms with E-state index < -0.39 is 0 Å². The lowest BCUT2D eigenvalue weighted by Crippen LogP contribution is -2.64. The molecule has 2 spiro atoms. The molecule has 8 rings (SSSR count). The minimum atomic E-state index is -0.147. The molecule has 3 aromatic rings. The van der Waals surface area contributed by atoms with E-state index in [0.29, 0.717) is 45.8 Å². The molecule has 12 heteroatoms. The number of aliphatic hydroxyl groups excluding tert-OH is 2. The number of aliphatic hydroxyl groups is 2. The van der Waals surface area contributed by atoms with E-state index in [4.69, 9.17) is 43.4 Å². The standard InChI is InChI=1S/C39H44Cl2N6O4/c1-50-29-10-25(16-45(19-29)17-26(42)18-47-22-39(23-47)13-28(49)14-39)36-35(41)31(8-9-43-36)30-4-3-5-32(34(30)40)33-7-6-24(37(44-33)51-2)15-46-20-38(21-46)11-27(48)12-38/h3-10,16-17,27-28,48-49H,11-15,18-23,42H2,1-2H3/b26-17-. The minimum Gasteiger partial charge on any atom is -0.499 e. The van der Waals surface area contributed by atoms with Crippen LogP contribution in [0.2, 0.25) is 10.0 Å². The molecule has 5 heterocycles. The second-order valence-corrected chi connectivity index (χ2v) is 16.0. The normalized spacial score (nSPS) is 21.8. The Labute approximate surface area is 308 Å². The number of allylic oxidation sites excluding steroid dienone is 2. The quantitative estimate of drug-likeness (QED) is 0.246. The van der Waals surface area contributed by atoms with Gasteiger partial charge in [-0.2, -0.15) is 0 Å². The van der Waals surface area contributed by atoms with Crippen LogP contribution in [0.1, 0.15) is 36.9 Å². The second-order valence-electron chi connectivity index (χ2n) is 15.2. The number of aromatic nitrogens is 2. The number of methoxy groups -OCH3 is 2. The zero-order valence-electron chi connectivity index (χ0n) is 29.0. The molecule has 0 radical (unpaired) electrons. The molecule has 3 aliphatic heterocycles. The summed E-state index contributed by atoms with van der Waals surface area (Å²) in [5, 5.41) is 20.5. The fraction of sp³-hybridized carbons (Fsp3) is 0.436. The van der Waals surface area contributed by atoms with Gasteiger partial charge in [-0.05, 0) is 43.9 Å². The number of hydrogen-bond acceptors (Lipinski definition) is 10. The molecule has 0 unspecified atom stereocenters. The summed E-state index contributed by atoms with van der Waals surface area (Å²) in [6.45, 7) is 5.87. The van der Waals surface area contributed by atoms with E-state index in [2.05, 4.69) is 20.9 Å². The summed E-state index contributed by atoms with van der Waals surface area (Å²) in [4.78, 5) is 16.3. The van der Waals surface area contributed by atoms with Gasteiger partial charge in [-0.15, -0.1) is 0 Å². The van der Waals surface area contributed by atoms with Crippen molar-refractivity contribution in [3.05, 3.63) is 93.8 Å². The van der Waals surface area contributed by atoms with Gasteiger partial charge in [0, 0.05) is 102 Å². The third-order valence-corrected chi connectivity index (χ3v) is 11.9. The molecule has 2 aliphatic carbocycles. The van der Waals surface area contributed by atoms with Gasteiger partial charge >= 0.3 is 0 Å². The van der Waals surface area contributed by atoms with Crippen LogP contribution < -0.4 is 10.5 Å². The average Bonchev–Trinajstić information content (AvgIpc) is 3.05. The fourth-order valence-electron chi connectivity index (χ4n) is 8.88. The molecule has 51 heavy (non-hydrogen) atoms. The molecule has 0 amide bonds. The number of halogens is 2. The van der Waals surface area contributed by atoms with Crippen molar-refractivity contribution < 1.29 is 19.7 Å². The number of hydrogen-bond donors (Lipinski definition) is 3. The van der Waals surface area contributed by atoms with E-state index in [9.17, 15) is 10.2 Å². The zero-order chi connectivity index (χ0) is 35.5. The van der Waals surface area contributed by atoms with E-state index >= 15 is 0 Å². The molecule has 2 saturated heterocycles. The summed E-state index contributed by atoms with van der Waals surface area (Å²) >= 11 is 14.3. The van der Waals surface area contributed by atoms with Crippen molar-refractivity contribution in [2.75, 3.05) is 53.5 Å². The van der Waals surface area contributed by atoms with Crippen LogP contribution >= 0.6 is 23.2 Å². The maximum atomic E-state index is 9.76. The maximum Gasteiger partial charge on any atom is 0.218 e. The average molecular weight is 732 g/mol. The van der Waals surface area contributed by atoms with Crippen LogP contribution in [0.4, 0.5) is 0 Å². The molecule has 10 nitrogen and oxygen atoms in total. The third kappa shape index (κ3) is 6.62. The Kier molecular flexibility index (Phi) is 9.05. The number of pyridine rings is 2. The largest absolute Gasteiger partial charge is 0.499 e. The zero-order valence-corrected chi connectivity index (χ0v) is 30.5. The van der Waals surface area contributed by atoms with Gasteiger partial charge < -0.3 is 30.3 Å². The van der Waals surface area contributed by atoms with Gasteiger partial charge in [0.05, 0.1) is 54.4 Å². The molecule has 268 valence electrons. The minimum absolute atomic E-state index is 0.141. The SMILES string of the molecule is COC1=CC(c2nccc(-c3cccc(-c4ccc(CN5CC6(CC(O)C6)C5)c(OC)n4)c3Cl)c2Cl)=CN(/C=C(\N)CN2CC3(CC(O)C3)C2)C1. The fourth-order valence-corrected chi connectivity index (χ4v) is 9.53. The lowest BCUT2D eigenvalue weighted by atomic mass is 9.62. The molecule has 0 bridgehead atoms. The van der Waals surface area contributed by atoms with Crippen molar-refractivity contribution >= 4 is 28.8 Å². The molecular weight excluding hydrogens is 687 g/mol.